The number of aliphatic hydroxyl groups excluding tert-OH is 1. The zero-order chi connectivity index (χ0) is 10.7. The fourth-order valence-corrected chi connectivity index (χ4v) is 1.34. The zero-order valence-electron chi connectivity index (χ0n) is 7.92. The monoisotopic (exact) mass is 202 g/mol. The van der Waals surface area contributed by atoms with Crippen molar-refractivity contribution < 1.29 is 5.11 Å². The minimum atomic E-state index is -0.840. The van der Waals surface area contributed by atoms with E-state index in [-0.39, 0.29) is 5.43 Å². The lowest BCUT2D eigenvalue weighted by Gasteiger charge is -2.09. The molecular weight excluding hydrogens is 192 g/mol. The van der Waals surface area contributed by atoms with Gasteiger partial charge in [-0.3, -0.25) is 9.78 Å². The molecule has 2 N–H and O–H groups in total. The van der Waals surface area contributed by atoms with Gasteiger partial charge in [-0.05, 0) is 6.07 Å². The van der Waals surface area contributed by atoms with Crippen molar-refractivity contribution in [2.24, 2.45) is 0 Å². The van der Waals surface area contributed by atoms with E-state index in [4.69, 9.17) is 0 Å². The van der Waals surface area contributed by atoms with Crippen LogP contribution in [0.15, 0.2) is 47.7 Å². The highest BCUT2D eigenvalue weighted by Gasteiger charge is 2.10. The third kappa shape index (κ3) is 2.11. The number of rotatable bonds is 2. The van der Waals surface area contributed by atoms with Gasteiger partial charge in [-0.1, -0.05) is 6.07 Å². The molecule has 0 fully saturated rings. The first kappa shape index (κ1) is 9.61. The van der Waals surface area contributed by atoms with Crippen LogP contribution in [0.4, 0.5) is 0 Å². The van der Waals surface area contributed by atoms with E-state index in [0.29, 0.717) is 11.3 Å². The van der Waals surface area contributed by atoms with Gasteiger partial charge in [0.1, 0.15) is 6.10 Å². The summed E-state index contributed by atoms with van der Waals surface area (Å²) >= 11 is 0. The predicted molar refractivity (Wildman–Crippen MR) is 55.4 cm³/mol. The minimum absolute atomic E-state index is 0.133. The molecule has 0 aliphatic heterocycles. The highest BCUT2D eigenvalue weighted by Crippen LogP contribution is 2.16. The average molecular weight is 202 g/mol. The van der Waals surface area contributed by atoms with Crippen molar-refractivity contribution in [1.82, 2.24) is 9.97 Å². The van der Waals surface area contributed by atoms with Gasteiger partial charge in [-0.15, -0.1) is 0 Å². The van der Waals surface area contributed by atoms with Gasteiger partial charge in [-0.25, -0.2) is 0 Å². The lowest BCUT2D eigenvalue weighted by Crippen LogP contribution is -2.07. The van der Waals surface area contributed by atoms with Crippen molar-refractivity contribution in [3.63, 3.8) is 0 Å². The van der Waals surface area contributed by atoms with E-state index in [1.165, 1.54) is 18.3 Å². The summed E-state index contributed by atoms with van der Waals surface area (Å²) in [5.74, 6) is 0. The lowest BCUT2D eigenvalue weighted by atomic mass is 10.1. The van der Waals surface area contributed by atoms with Gasteiger partial charge in [0.2, 0.25) is 0 Å². The van der Waals surface area contributed by atoms with Gasteiger partial charge in [0.25, 0.3) is 0 Å². The SMILES string of the molecule is O=c1cc[nH]c(C(O)c2cccnc2)c1. The van der Waals surface area contributed by atoms with Crippen LogP contribution < -0.4 is 5.43 Å². The van der Waals surface area contributed by atoms with Gasteiger partial charge in [0.15, 0.2) is 5.43 Å². The van der Waals surface area contributed by atoms with Crippen molar-refractivity contribution in [2.45, 2.75) is 6.10 Å². The van der Waals surface area contributed by atoms with Gasteiger partial charge in [-0.2, -0.15) is 0 Å². The van der Waals surface area contributed by atoms with Crippen molar-refractivity contribution in [2.75, 3.05) is 0 Å². The molecule has 0 bridgehead atoms. The molecule has 2 rings (SSSR count). The van der Waals surface area contributed by atoms with E-state index in [9.17, 15) is 9.90 Å². The van der Waals surface area contributed by atoms with Gasteiger partial charge < -0.3 is 10.1 Å². The molecule has 0 spiro atoms. The standard InChI is InChI=1S/C11H10N2O2/c14-9-3-5-13-10(6-9)11(15)8-2-1-4-12-7-8/h1-7,11,15H,(H,13,14). The average Bonchev–Trinajstić information content (AvgIpc) is 2.29. The third-order valence-electron chi connectivity index (χ3n) is 2.09. The Morgan fingerprint density at radius 1 is 1.40 bits per heavy atom. The summed E-state index contributed by atoms with van der Waals surface area (Å²) < 4.78 is 0. The molecule has 0 amide bonds. The van der Waals surface area contributed by atoms with Crippen LogP contribution in [0.1, 0.15) is 17.4 Å². The smallest absolute Gasteiger partial charge is 0.181 e. The van der Waals surface area contributed by atoms with Gasteiger partial charge >= 0.3 is 0 Å². The first-order valence-corrected chi connectivity index (χ1v) is 4.54. The van der Waals surface area contributed by atoms with Crippen LogP contribution in [0.2, 0.25) is 0 Å². The molecule has 0 saturated heterocycles. The Morgan fingerprint density at radius 3 is 2.93 bits per heavy atom. The van der Waals surface area contributed by atoms with Crippen molar-refractivity contribution >= 4 is 0 Å². The summed E-state index contributed by atoms with van der Waals surface area (Å²) in [7, 11) is 0. The molecule has 0 radical (unpaired) electrons. The maximum Gasteiger partial charge on any atom is 0.181 e. The minimum Gasteiger partial charge on any atom is -0.382 e. The molecule has 0 aliphatic rings. The molecule has 1 unspecified atom stereocenters. The molecule has 2 aromatic heterocycles. The summed E-state index contributed by atoms with van der Waals surface area (Å²) in [5.41, 5.74) is 0.988. The van der Waals surface area contributed by atoms with E-state index in [1.54, 1.807) is 24.5 Å². The number of pyridine rings is 2. The van der Waals surface area contributed by atoms with Crippen LogP contribution in [0.25, 0.3) is 0 Å². The molecule has 4 heteroatoms. The third-order valence-corrected chi connectivity index (χ3v) is 2.09. The number of aliphatic hydroxyl groups is 1. The molecule has 2 heterocycles. The van der Waals surface area contributed by atoms with Crippen LogP contribution in [0.5, 0.6) is 0 Å². The molecule has 1 atom stereocenters. The van der Waals surface area contributed by atoms with Gasteiger partial charge in [0, 0.05) is 36.3 Å². The van der Waals surface area contributed by atoms with Crippen molar-refractivity contribution in [1.29, 1.82) is 0 Å². The normalized spacial score (nSPS) is 12.3. The number of nitrogens with one attached hydrogen (secondary N) is 1. The Kier molecular flexibility index (Phi) is 2.60. The summed E-state index contributed by atoms with van der Waals surface area (Å²) in [5, 5.41) is 9.91. The Bertz CT molecular complexity index is 493. The molecule has 76 valence electrons. The number of hydrogen-bond donors (Lipinski definition) is 2. The van der Waals surface area contributed by atoms with Crippen molar-refractivity contribution in [3.8, 4) is 0 Å². The first-order valence-electron chi connectivity index (χ1n) is 4.54. The Hall–Kier alpha value is -1.94. The van der Waals surface area contributed by atoms with Crippen LogP contribution in [-0.4, -0.2) is 15.1 Å². The Labute approximate surface area is 86.2 Å². The second-order valence-corrected chi connectivity index (χ2v) is 3.17. The quantitative estimate of drug-likeness (QED) is 0.758. The number of hydrogen-bond acceptors (Lipinski definition) is 3. The van der Waals surface area contributed by atoms with Gasteiger partial charge in [0.05, 0.1) is 5.69 Å². The zero-order valence-corrected chi connectivity index (χ0v) is 7.92. The van der Waals surface area contributed by atoms with E-state index >= 15 is 0 Å². The summed E-state index contributed by atoms with van der Waals surface area (Å²) in [6, 6.07) is 6.26. The molecule has 15 heavy (non-hydrogen) atoms. The summed E-state index contributed by atoms with van der Waals surface area (Å²) in [6.07, 6.45) is 3.87. The van der Waals surface area contributed by atoms with Crippen LogP contribution >= 0.6 is 0 Å². The molecule has 4 nitrogen and oxygen atoms in total. The molecular formula is C11H10N2O2. The first-order chi connectivity index (χ1) is 7.27. The van der Waals surface area contributed by atoms with Crippen LogP contribution in [-0.2, 0) is 0 Å². The maximum atomic E-state index is 11.1. The topological polar surface area (TPSA) is 66.0 Å². The second kappa shape index (κ2) is 4.06. The molecule has 2 aromatic rings. The number of H-pyrrole nitrogens is 1. The highest BCUT2D eigenvalue weighted by atomic mass is 16.3. The number of aromatic amines is 1. The van der Waals surface area contributed by atoms with E-state index in [2.05, 4.69) is 9.97 Å². The number of aromatic nitrogens is 2. The maximum absolute atomic E-state index is 11.1. The predicted octanol–water partition coefficient (Wildman–Crippen LogP) is 0.852. The Balaban J connectivity index is 2.37. The number of nitrogens with zero attached hydrogens (tertiary/aromatic N) is 1. The van der Waals surface area contributed by atoms with E-state index in [1.807, 2.05) is 0 Å². The fourth-order valence-electron chi connectivity index (χ4n) is 1.34. The lowest BCUT2D eigenvalue weighted by molar-refractivity contribution is 0.215. The molecule has 0 aliphatic carbocycles. The molecule has 0 saturated carbocycles. The van der Waals surface area contributed by atoms with Crippen LogP contribution in [0.3, 0.4) is 0 Å². The largest absolute Gasteiger partial charge is 0.382 e. The summed E-state index contributed by atoms with van der Waals surface area (Å²) in [4.78, 5) is 17.8. The summed E-state index contributed by atoms with van der Waals surface area (Å²) in [6.45, 7) is 0. The highest BCUT2D eigenvalue weighted by molar-refractivity contribution is 5.22. The second-order valence-electron chi connectivity index (χ2n) is 3.17. The molecule has 0 aromatic carbocycles. The van der Waals surface area contributed by atoms with E-state index < -0.39 is 6.10 Å². The fraction of sp³-hybridized carbons (Fsp3) is 0.0909. The Morgan fingerprint density at radius 2 is 2.27 bits per heavy atom. The van der Waals surface area contributed by atoms with Crippen LogP contribution in [0, 0.1) is 0 Å². The van der Waals surface area contributed by atoms with Crippen molar-refractivity contribution in [3.05, 3.63) is 64.3 Å². The van der Waals surface area contributed by atoms with E-state index in [0.717, 1.165) is 0 Å².